The van der Waals surface area contributed by atoms with Crippen molar-refractivity contribution in [1.29, 1.82) is 0 Å². The lowest BCUT2D eigenvalue weighted by Gasteiger charge is -2.42. The fourth-order valence-corrected chi connectivity index (χ4v) is 3.85. The number of nitrogens with zero attached hydrogens (tertiary/aromatic N) is 1. The van der Waals surface area contributed by atoms with Crippen molar-refractivity contribution < 1.29 is 19.1 Å². The molecule has 4 amide bonds. The van der Waals surface area contributed by atoms with Gasteiger partial charge in [-0.05, 0) is 56.4 Å². The van der Waals surface area contributed by atoms with Crippen LogP contribution in [0.1, 0.15) is 57.7 Å². The highest BCUT2D eigenvalue weighted by atomic mass is 16.5. The van der Waals surface area contributed by atoms with Crippen molar-refractivity contribution >= 4 is 12.1 Å². The van der Waals surface area contributed by atoms with Crippen LogP contribution in [-0.4, -0.2) is 56.4 Å². The summed E-state index contributed by atoms with van der Waals surface area (Å²) in [6.45, 7) is 9.03. The summed E-state index contributed by atoms with van der Waals surface area (Å²) >= 11 is 0. The minimum atomic E-state index is -0.312. The Hall–Kier alpha value is -2.64. The third-order valence-electron chi connectivity index (χ3n) is 5.27. The Balaban J connectivity index is 2.46. The molecule has 1 aliphatic rings. The molecule has 0 spiro atoms. The maximum atomic E-state index is 13.0. The molecule has 0 saturated heterocycles. The van der Waals surface area contributed by atoms with E-state index in [9.17, 15) is 9.59 Å². The predicted molar refractivity (Wildman–Crippen MR) is 117 cm³/mol. The van der Waals surface area contributed by atoms with Crippen LogP contribution in [0.25, 0.3) is 0 Å². The molecule has 1 aliphatic heterocycles. The van der Waals surface area contributed by atoms with E-state index in [0.717, 1.165) is 17.5 Å². The molecule has 30 heavy (non-hydrogen) atoms. The quantitative estimate of drug-likeness (QED) is 0.602. The number of carbonyl (C=O) groups excluding carboxylic acids is 2. The zero-order valence-corrected chi connectivity index (χ0v) is 19.0. The lowest BCUT2D eigenvalue weighted by Crippen LogP contribution is -2.55. The Kier molecular flexibility index (Phi) is 8.62. The molecule has 1 heterocycles. The average Bonchev–Trinajstić information content (AvgIpc) is 2.73. The zero-order chi connectivity index (χ0) is 22.3. The Morgan fingerprint density at radius 3 is 2.37 bits per heavy atom. The van der Waals surface area contributed by atoms with Gasteiger partial charge in [0.05, 0.1) is 26.3 Å². The highest BCUT2D eigenvalue weighted by Gasteiger charge is 2.37. The van der Waals surface area contributed by atoms with E-state index in [0.29, 0.717) is 37.4 Å². The Bertz CT molecular complexity index is 738. The number of fused-ring (bicyclic) bond motifs is 1. The van der Waals surface area contributed by atoms with Crippen molar-refractivity contribution in [3.63, 3.8) is 0 Å². The summed E-state index contributed by atoms with van der Waals surface area (Å²) in [4.78, 5) is 27.3. The third-order valence-corrected chi connectivity index (χ3v) is 5.27. The molecule has 0 bridgehead atoms. The van der Waals surface area contributed by atoms with Crippen molar-refractivity contribution in [2.45, 2.75) is 65.1 Å². The average molecular weight is 421 g/mol. The summed E-state index contributed by atoms with van der Waals surface area (Å²) in [5.41, 5.74) is 2.07. The fourth-order valence-electron chi connectivity index (χ4n) is 3.85. The molecule has 0 aromatic heterocycles. The van der Waals surface area contributed by atoms with Crippen LogP contribution in [0.15, 0.2) is 12.1 Å². The summed E-state index contributed by atoms with van der Waals surface area (Å²) in [6, 6.07) is 3.01. The number of hydrogen-bond acceptors (Lipinski definition) is 4. The normalized spacial score (nSPS) is 16.5. The molecule has 1 aromatic rings. The standard InChI is InChI=1S/C22H36N4O4/c1-7-10-23-22(28)26-11-9-15-12-18(29-5)19(30-6)13-16(15)20(26)17(8-2)25-21(27)24-14(3)4/h12-14,17,20H,7-11H2,1-6H3,(H,23,28)(H2,24,25,27)/t17-,20+/m0/s1. The van der Waals surface area contributed by atoms with Gasteiger partial charge in [0.25, 0.3) is 0 Å². The molecule has 8 heteroatoms. The van der Waals surface area contributed by atoms with E-state index in [1.165, 1.54) is 0 Å². The van der Waals surface area contributed by atoms with Gasteiger partial charge >= 0.3 is 12.1 Å². The number of hydrogen-bond donors (Lipinski definition) is 3. The number of urea groups is 2. The van der Waals surface area contributed by atoms with Gasteiger partial charge in [0.1, 0.15) is 0 Å². The van der Waals surface area contributed by atoms with Crippen LogP contribution >= 0.6 is 0 Å². The first-order chi connectivity index (χ1) is 14.4. The minimum absolute atomic E-state index is 0.0226. The van der Waals surface area contributed by atoms with Gasteiger partial charge in [-0.15, -0.1) is 0 Å². The molecule has 168 valence electrons. The number of benzene rings is 1. The van der Waals surface area contributed by atoms with E-state index in [4.69, 9.17) is 9.47 Å². The molecule has 0 fully saturated rings. The van der Waals surface area contributed by atoms with Gasteiger partial charge in [0.15, 0.2) is 11.5 Å². The van der Waals surface area contributed by atoms with E-state index in [1.807, 2.05) is 44.7 Å². The monoisotopic (exact) mass is 420 g/mol. The van der Waals surface area contributed by atoms with Crippen LogP contribution in [0.4, 0.5) is 9.59 Å². The van der Waals surface area contributed by atoms with Crippen LogP contribution < -0.4 is 25.4 Å². The van der Waals surface area contributed by atoms with Crippen LogP contribution in [0.5, 0.6) is 11.5 Å². The van der Waals surface area contributed by atoms with E-state index < -0.39 is 0 Å². The van der Waals surface area contributed by atoms with E-state index in [1.54, 1.807) is 14.2 Å². The molecule has 0 saturated carbocycles. The summed E-state index contributed by atoms with van der Waals surface area (Å²) in [5.74, 6) is 1.27. The Morgan fingerprint density at radius 2 is 1.80 bits per heavy atom. The second-order valence-electron chi connectivity index (χ2n) is 7.81. The SMILES string of the molecule is CCCNC(=O)N1CCc2cc(OC)c(OC)cc2[C@@H]1[C@H](CC)NC(=O)NC(C)C. The summed E-state index contributed by atoms with van der Waals surface area (Å²) in [7, 11) is 3.21. The molecule has 8 nitrogen and oxygen atoms in total. The predicted octanol–water partition coefficient (Wildman–Crippen LogP) is 3.21. The molecular formula is C22H36N4O4. The van der Waals surface area contributed by atoms with Gasteiger partial charge in [-0.25, -0.2) is 9.59 Å². The topological polar surface area (TPSA) is 91.9 Å². The highest BCUT2D eigenvalue weighted by molar-refractivity contribution is 5.77. The van der Waals surface area contributed by atoms with E-state index in [-0.39, 0.29) is 30.2 Å². The van der Waals surface area contributed by atoms with Gasteiger partial charge in [-0.3, -0.25) is 0 Å². The van der Waals surface area contributed by atoms with Gasteiger partial charge in [-0.2, -0.15) is 0 Å². The van der Waals surface area contributed by atoms with Gasteiger partial charge < -0.3 is 30.3 Å². The number of methoxy groups -OCH3 is 2. The van der Waals surface area contributed by atoms with Crippen molar-refractivity contribution in [1.82, 2.24) is 20.9 Å². The first-order valence-corrected chi connectivity index (χ1v) is 10.7. The maximum absolute atomic E-state index is 13.0. The van der Waals surface area contributed by atoms with Crippen molar-refractivity contribution in [3.8, 4) is 11.5 Å². The lowest BCUT2D eigenvalue weighted by molar-refractivity contribution is 0.147. The summed E-state index contributed by atoms with van der Waals surface area (Å²) < 4.78 is 11.0. The minimum Gasteiger partial charge on any atom is -0.493 e. The Morgan fingerprint density at radius 1 is 1.13 bits per heavy atom. The fraction of sp³-hybridized carbons (Fsp3) is 0.636. The van der Waals surface area contributed by atoms with Crippen molar-refractivity contribution in [2.75, 3.05) is 27.3 Å². The molecule has 1 aromatic carbocycles. The van der Waals surface area contributed by atoms with Gasteiger partial charge in [0, 0.05) is 19.1 Å². The maximum Gasteiger partial charge on any atom is 0.317 e. The third kappa shape index (κ3) is 5.49. The molecule has 0 aliphatic carbocycles. The molecule has 3 N–H and O–H groups in total. The van der Waals surface area contributed by atoms with Gasteiger partial charge in [0.2, 0.25) is 0 Å². The number of amides is 4. The molecular weight excluding hydrogens is 384 g/mol. The molecule has 0 radical (unpaired) electrons. The second kappa shape index (κ2) is 10.9. The van der Waals surface area contributed by atoms with Crippen molar-refractivity contribution in [2.24, 2.45) is 0 Å². The zero-order valence-electron chi connectivity index (χ0n) is 19.0. The first kappa shape index (κ1) is 23.6. The smallest absolute Gasteiger partial charge is 0.317 e. The Labute approximate surface area is 179 Å². The number of nitrogens with one attached hydrogen (secondary N) is 3. The molecule has 0 unspecified atom stereocenters. The van der Waals surface area contributed by atoms with Crippen LogP contribution in [0.2, 0.25) is 0 Å². The van der Waals surface area contributed by atoms with Crippen LogP contribution in [-0.2, 0) is 6.42 Å². The number of rotatable bonds is 8. The number of ether oxygens (including phenoxy) is 2. The van der Waals surface area contributed by atoms with E-state index in [2.05, 4.69) is 16.0 Å². The van der Waals surface area contributed by atoms with Gasteiger partial charge in [-0.1, -0.05) is 13.8 Å². The lowest BCUT2D eigenvalue weighted by atomic mass is 9.86. The molecule has 2 atom stereocenters. The largest absolute Gasteiger partial charge is 0.493 e. The van der Waals surface area contributed by atoms with E-state index >= 15 is 0 Å². The second-order valence-corrected chi connectivity index (χ2v) is 7.81. The van der Waals surface area contributed by atoms with Crippen LogP contribution in [0, 0.1) is 0 Å². The first-order valence-electron chi connectivity index (χ1n) is 10.7. The summed E-state index contributed by atoms with van der Waals surface area (Å²) in [5, 5.41) is 8.93. The summed E-state index contributed by atoms with van der Waals surface area (Å²) in [6.07, 6.45) is 2.24. The number of carbonyl (C=O) groups is 2. The molecule has 2 rings (SSSR count). The van der Waals surface area contributed by atoms with Crippen molar-refractivity contribution in [3.05, 3.63) is 23.3 Å². The highest BCUT2D eigenvalue weighted by Crippen LogP contribution is 2.40. The van der Waals surface area contributed by atoms with Crippen LogP contribution in [0.3, 0.4) is 0 Å².